The Labute approximate surface area is 193 Å². The van der Waals surface area contributed by atoms with E-state index in [0.717, 1.165) is 50.0 Å². The molecule has 1 amide bonds. The molecule has 3 aromatic rings. The zero-order chi connectivity index (χ0) is 22.8. The summed E-state index contributed by atoms with van der Waals surface area (Å²) in [4.78, 5) is 16.5. The van der Waals surface area contributed by atoms with E-state index in [1.54, 1.807) is 24.3 Å². The highest BCUT2D eigenvalue weighted by Gasteiger charge is 2.25. The van der Waals surface area contributed by atoms with E-state index in [4.69, 9.17) is 4.18 Å². The molecular formula is C24H26N4O4S. The summed E-state index contributed by atoms with van der Waals surface area (Å²) in [6.07, 6.45) is 7.68. The minimum absolute atomic E-state index is 0.0565. The zero-order valence-corrected chi connectivity index (χ0v) is 18.9. The number of carbonyl (C=O) groups excluding carboxylic acids is 1. The van der Waals surface area contributed by atoms with Crippen molar-refractivity contribution in [3.63, 3.8) is 0 Å². The third-order valence-corrected chi connectivity index (χ3v) is 7.26. The Kier molecular flexibility index (Phi) is 5.90. The van der Waals surface area contributed by atoms with Crippen LogP contribution in [0.4, 0.5) is 0 Å². The summed E-state index contributed by atoms with van der Waals surface area (Å²) in [5.74, 6) is -0.0659. The molecule has 2 N–H and O–H groups in total. The van der Waals surface area contributed by atoms with Gasteiger partial charge in [0, 0.05) is 23.2 Å². The summed E-state index contributed by atoms with van der Waals surface area (Å²) in [7, 11) is -4.08. The van der Waals surface area contributed by atoms with Crippen LogP contribution in [-0.4, -0.2) is 43.0 Å². The standard InChI is InChI=1S/C24H26N4O4S/c29-24(27-19-6-7-19)18-2-1-3-22(14-18)33(30,31)32-21-8-4-17(5-9-21)23-15-26-16-28(23)20-10-12-25-13-11-20/h1-5,8-9,14-16,19-20,25H,6-7,10-13H2,(H,27,29). The normalized spacial score (nSPS) is 17.0. The molecule has 1 saturated heterocycles. The Bertz CT molecular complexity index is 1240. The fraction of sp³-hybridized carbons (Fsp3) is 0.333. The van der Waals surface area contributed by atoms with Crippen molar-refractivity contribution in [1.82, 2.24) is 20.2 Å². The van der Waals surface area contributed by atoms with Crippen molar-refractivity contribution in [2.75, 3.05) is 13.1 Å². The third kappa shape index (κ3) is 4.94. The number of hydrogen-bond donors (Lipinski definition) is 2. The lowest BCUT2D eigenvalue weighted by molar-refractivity contribution is 0.0951. The predicted molar refractivity (Wildman–Crippen MR) is 124 cm³/mol. The van der Waals surface area contributed by atoms with E-state index < -0.39 is 10.1 Å². The highest BCUT2D eigenvalue weighted by atomic mass is 32.2. The maximum absolute atomic E-state index is 12.8. The molecule has 2 heterocycles. The second-order valence-electron chi connectivity index (χ2n) is 8.50. The van der Waals surface area contributed by atoms with Gasteiger partial charge in [-0.05, 0) is 81.2 Å². The van der Waals surface area contributed by atoms with Gasteiger partial charge in [-0.3, -0.25) is 4.79 Å². The summed E-state index contributed by atoms with van der Waals surface area (Å²) in [6, 6.07) is 13.4. The molecule has 0 unspecified atom stereocenters. The van der Waals surface area contributed by atoms with Crippen LogP contribution in [0.15, 0.2) is 66.0 Å². The Morgan fingerprint density at radius 2 is 1.82 bits per heavy atom. The summed E-state index contributed by atoms with van der Waals surface area (Å²) >= 11 is 0. The fourth-order valence-electron chi connectivity index (χ4n) is 4.05. The molecule has 1 saturated carbocycles. The first kappa shape index (κ1) is 21.7. The van der Waals surface area contributed by atoms with Gasteiger partial charge in [-0.2, -0.15) is 8.42 Å². The molecule has 9 heteroatoms. The lowest BCUT2D eigenvalue weighted by Gasteiger charge is -2.25. The minimum Gasteiger partial charge on any atom is -0.379 e. The van der Waals surface area contributed by atoms with E-state index in [1.807, 2.05) is 24.7 Å². The molecule has 8 nitrogen and oxygen atoms in total. The second kappa shape index (κ2) is 8.99. The number of benzene rings is 2. The van der Waals surface area contributed by atoms with Gasteiger partial charge in [0.25, 0.3) is 5.91 Å². The van der Waals surface area contributed by atoms with E-state index >= 15 is 0 Å². The first-order valence-corrected chi connectivity index (χ1v) is 12.6. The average molecular weight is 467 g/mol. The van der Waals surface area contributed by atoms with Crippen molar-refractivity contribution in [2.24, 2.45) is 0 Å². The molecule has 5 rings (SSSR count). The first-order valence-electron chi connectivity index (χ1n) is 11.2. The number of imidazole rings is 1. The molecule has 0 bridgehead atoms. The van der Waals surface area contributed by atoms with Crippen LogP contribution in [0.2, 0.25) is 0 Å². The van der Waals surface area contributed by atoms with Crippen molar-refractivity contribution in [3.8, 4) is 17.0 Å². The van der Waals surface area contributed by atoms with Gasteiger partial charge >= 0.3 is 10.1 Å². The number of amides is 1. The van der Waals surface area contributed by atoms with Gasteiger partial charge < -0.3 is 19.4 Å². The maximum Gasteiger partial charge on any atom is 0.339 e. The molecule has 0 radical (unpaired) electrons. The van der Waals surface area contributed by atoms with Crippen molar-refractivity contribution >= 4 is 16.0 Å². The van der Waals surface area contributed by atoms with E-state index in [9.17, 15) is 13.2 Å². The van der Waals surface area contributed by atoms with E-state index in [-0.39, 0.29) is 22.6 Å². The molecule has 1 aliphatic carbocycles. The van der Waals surface area contributed by atoms with E-state index in [0.29, 0.717) is 11.6 Å². The largest absolute Gasteiger partial charge is 0.379 e. The van der Waals surface area contributed by atoms with Crippen LogP contribution in [0.25, 0.3) is 11.3 Å². The van der Waals surface area contributed by atoms with Gasteiger partial charge in [-0.25, -0.2) is 4.98 Å². The van der Waals surface area contributed by atoms with Gasteiger partial charge in [0.2, 0.25) is 0 Å². The van der Waals surface area contributed by atoms with Crippen LogP contribution in [0.1, 0.15) is 42.1 Å². The molecular weight excluding hydrogens is 440 g/mol. The fourth-order valence-corrected chi connectivity index (χ4v) is 5.03. The Hall–Kier alpha value is -3.17. The van der Waals surface area contributed by atoms with Gasteiger partial charge in [-0.15, -0.1) is 0 Å². The maximum atomic E-state index is 12.8. The monoisotopic (exact) mass is 466 g/mol. The van der Waals surface area contributed by atoms with Crippen LogP contribution >= 0.6 is 0 Å². The number of carbonyl (C=O) groups is 1. The van der Waals surface area contributed by atoms with E-state index in [1.165, 1.54) is 12.1 Å². The lowest BCUT2D eigenvalue weighted by Crippen LogP contribution is -2.29. The van der Waals surface area contributed by atoms with Crippen molar-refractivity contribution in [1.29, 1.82) is 0 Å². The van der Waals surface area contributed by atoms with Crippen molar-refractivity contribution in [3.05, 3.63) is 66.6 Å². The Morgan fingerprint density at radius 3 is 2.55 bits per heavy atom. The highest BCUT2D eigenvalue weighted by Crippen LogP contribution is 2.29. The first-order chi connectivity index (χ1) is 16.0. The molecule has 172 valence electrons. The minimum atomic E-state index is -4.08. The summed E-state index contributed by atoms with van der Waals surface area (Å²) < 4.78 is 33.2. The number of nitrogens with zero attached hydrogens (tertiary/aromatic N) is 2. The zero-order valence-electron chi connectivity index (χ0n) is 18.1. The average Bonchev–Trinajstić information content (AvgIpc) is 3.51. The number of piperidine rings is 1. The van der Waals surface area contributed by atoms with Crippen molar-refractivity contribution < 1.29 is 17.4 Å². The Morgan fingerprint density at radius 1 is 1.06 bits per heavy atom. The lowest BCUT2D eigenvalue weighted by atomic mass is 10.1. The Balaban J connectivity index is 1.31. The summed E-state index contributed by atoms with van der Waals surface area (Å²) in [5, 5.41) is 6.23. The molecule has 2 aliphatic rings. The van der Waals surface area contributed by atoms with Gasteiger partial charge in [0.1, 0.15) is 10.6 Å². The van der Waals surface area contributed by atoms with Gasteiger partial charge in [0.15, 0.2) is 0 Å². The molecule has 1 aliphatic heterocycles. The van der Waals surface area contributed by atoms with Crippen LogP contribution in [0, 0.1) is 0 Å². The topological polar surface area (TPSA) is 102 Å². The van der Waals surface area contributed by atoms with Crippen LogP contribution in [0.5, 0.6) is 5.75 Å². The van der Waals surface area contributed by atoms with E-state index in [2.05, 4.69) is 20.2 Å². The van der Waals surface area contributed by atoms with Crippen LogP contribution < -0.4 is 14.8 Å². The molecule has 0 spiro atoms. The summed E-state index contributed by atoms with van der Waals surface area (Å²) in [5.41, 5.74) is 2.23. The summed E-state index contributed by atoms with van der Waals surface area (Å²) in [6.45, 7) is 1.97. The molecule has 1 aromatic heterocycles. The SMILES string of the molecule is O=C(NC1CC1)c1cccc(S(=O)(=O)Oc2ccc(-c3cncn3C3CCNCC3)cc2)c1. The smallest absolute Gasteiger partial charge is 0.339 e. The molecule has 2 fully saturated rings. The molecule has 33 heavy (non-hydrogen) atoms. The molecule has 2 aromatic carbocycles. The van der Waals surface area contributed by atoms with Gasteiger partial charge in [0.05, 0.1) is 18.2 Å². The number of rotatable bonds is 7. The quantitative estimate of drug-likeness (QED) is 0.519. The van der Waals surface area contributed by atoms with Crippen LogP contribution in [-0.2, 0) is 10.1 Å². The van der Waals surface area contributed by atoms with Crippen molar-refractivity contribution in [2.45, 2.75) is 42.7 Å². The number of aromatic nitrogens is 2. The van der Waals surface area contributed by atoms with Crippen LogP contribution in [0.3, 0.4) is 0 Å². The second-order valence-corrected chi connectivity index (χ2v) is 10.1. The van der Waals surface area contributed by atoms with Gasteiger partial charge in [-0.1, -0.05) is 6.07 Å². The third-order valence-electron chi connectivity index (χ3n) is 6.02. The number of nitrogens with one attached hydrogen (secondary N) is 2. The highest BCUT2D eigenvalue weighted by molar-refractivity contribution is 7.87. The molecule has 0 atom stereocenters. The number of hydrogen-bond acceptors (Lipinski definition) is 6. The predicted octanol–water partition coefficient (Wildman–Crippen LogP) is 3.13.